The van der Waals surface area contributed by atoms with Crippen molar-refractivity contribution in [2.45, 2.75) is 64.2 Å². The molecule has 0 aliphatic rings. The summed E-state index contributed by atoms with van der Waals surface area (Å²) in [5, 5.41) is 23.6. The lowest BCUT2D eigenvalue weighted by atomic mass is 10.0. The Kier molecular flexibility index (Phi) is 10.3. The van der Waals surface area contributed by atoms with Gasteiger partial charge in [-0.15, -0.1) is 0 Å². The normalized spacial score (nSPS) is 13.7. The molecule has 0 fully saturated rings. The van der Waals surface area contributed by atoms with Gasteiger partial charge >= 0.3 is 5.69 Å². The predicted molar refractivity (Wildman–Crippen MR) is 166 cm³/mol. The minimum absolute atomic E-state index is 0.0411. The first-order chi connectivity index (χ1) is 20.0. The van der Waals surface area contributed by atoms with E-state index < -0.39 is 11.5 Å². The monoisotopic (exact) mass is 596 g/mol. The average molecular weight is 597 g/mol. The summed E-state index contributed by atoms with van der Waals surface area (Å²) in [6.45, 7) is 4.39. The zero-order valence-electron chi connectivity index (χ0n) is 23.8. The summed E-state index contributed by atoms with van der Waals surface area (Å²) in [5.41, 5.74) is 14.5. The second-order valence-electron chi connectivity index (χ2n) is 10.8. The molecule has 12 heteroatoms. The van der Waals surface area contributed by atoms with Crippen molar-refractivity contribution in [2.24, 2.45) is 11.5 Å². The summed E-state index contributed by atoms with van der Waals surface area (Å²) in [6.07, 6.45) is 4.71. The Labute approximate surface area is 248 Å². The lowest BCUT2D eigenvalue weighted by Gasteiger charge is -2.21. The first kappa shape index (κ1) is 31.2. The Balaban J connectivity index is 1.50. The highest BCUT2D eigenvalue weighted by Gasteiger charge is 2.16. The van der Waals surface area contributed by atoms with Crippen LogP contribution in [0.5, 0.6) is 0 Å². The number of aromatic nitrogens is 3. The number of benzene rings is 2. The number of rotatable bonds is 13. The van der Waals surface area contributed by atoms with E-state index in [1.54, 1.807) is 24.4 Å². The number of aromatic amines is 1. The number of H-pyrrole nitrogens is 1. The van der Waals surface area contributed by atoms with Crippen LogP contribution in [-0.2, 0) is 13.0 Å². The first-order valence-electron chi connectivity index (χ1n) is 13.9. The molecule has 2 aromatic carbocycles. The van der Waals surface area contributed by atoms with E-state index in [4.69, 9.17) is 28.5 Å². The lowest BCUT2D eigenvalue weighted by Crippen LogP contribution is -2.44. The van der Waals surface area contributed by atoms with E-state index in [0.29, 0.717) is 40.9 Å². The van der Waals surface area contributed by atoms with E-state index in [-0.39, 0.29) is 35.7 Å². The molecular formula is C30H38ClFN8O2. The van der Waals surface area contributed by atoms with Crippen molar-refractivity contribution in [2.75, 3.05) is 6.61 Å². The second kappa shape index (κ2) is 13.9. The highest BCUT2D eigenvalue weighted by molar-refractivity contribution is 6.31. The molecule has 42 heavy (non-hydrogen) atoms. The first-order valence-corrected chi connectivity index (χ1v) is 14.3. The standard InChI is InChI=1S/C30H38ClFN8O2/c1-17(33)4-3-5-20-11-24(27(32)25(31)12-20)26-13-21-15-40(30(42)39-28(21)38-26)23-8-6-19(7-9-23)14-36-18(2)10-22(16-41)37-29(34)35/h6-9,11-13,15,17-18,22,36,41H,3-5,10,14,16,33H2,1-2H3,(H4,34,35,37)(H,38,39,42)/t17-,18-,22+/m0/s1. The summed E-state index contributed by atoms with van der Waals surface area (Å²) >= 11 is 6.23. The molecule has 9 N–H and O–H groups in total. The summed E-state index contributed by atoms with van der Waals surface area (Å²) in [7, 11) is 0. The third kappa shape index (κ3) is 7.95. The third-order valence-corrected chi connectivity index (χ3v) is 7.37. The van der Waals surface area contributed by atoms with Crippen LogP contribution in [0, 0.1) is 11.2 Å². The maximum atomic E-state index is 15.1. The van der Waals surface area contributed by atoms with Crippen molar-refractivity contribution in [3.8, 4) is 16.9 Å². The largest absolute Gasteiger partial charge is 0.394 e. The number of aryl methyl sites for hydroxylation is 1. The molecule has 0 radical (unpaired) electrons. The number of nitrogens with one attached hydrogen (secondary N) is 4. The Bertz CT molecular complexity index is 1580. The Morgan fingerprint density at radius 2 is 1.95 bits per heavy atom. The number of hydrogen-bond donors (Lipinski definition) is 7. The third-order valence-electron chi connectivity index (χ3n) is 7.10. The van der Waals surface area contributed by atoms with Crippen molar-refractivity contribution < 1.29 is 9.50 Å². The number of hydrogen-bond acceptors (Lipinski definition) is 6. The number of aliphatic hydroxyl groups is 1. The van der Waals surface area contributed by atoms with Gasteiger partial charge in [0.05, 0.1) is 29.1 Å². The Hall–Kier alpha value is -3.77. The van der Waals surface area contributed by atoms with Crippen LogP contribution in [-0.4, -0.2) is 50.3 Å². The van der Waals surface area contributed by atoms with Crippen molar-refractivity contribution in [3.05, 3.63) is 81.1 Å². The molecule has 4 rings (SSSR count). The number of guanidine groups is 1. The van der Waals surface area contributed by atoms with Crippen LogP contribution in [0.15, 0.2) is 53.5 Å². The number of fused-ring (bicyclic) bond motifs is 1. The van der Waals surface area contributed by atoms with Crippen molar-refractivity contribution in [1.82, 2.24) is 25.2 Å². The fraction of sp³-hybridized carbons (Fsp3) is 0.367. The van der Waals surface area contributed by atoms with Gasteiger partial charge in [0.25, 0.3) is 0 Å². The molecule has 0 unspecified atom stereocenters. The van der Waals surface area contributed by atoms with Crippen LogP contribution in [0.1, 0.15) is 44.2 Å². The van der Waals surface area contributed by atoms with E-state index in [9.17, 15) is 9.90 Å². The maximum Gasteiger partial charge on any atom is 0.354 e. The van der Waals surface area contributed by atoms with Crippen LogP contribution in [0.25, 0.3) is 28.0 Å². The smallest absolute Gasteiger partial charge is 0.354 e. The molecule has 0 aliphatic heterocycles. The minimum atomic E-state index is -0.532. The van der Waals surface area contributed by atoms with Crippen LogP contribution >= 0.6 is 11.6 Å². The van der Waals surface area contributed by atoms with Crippen LogP contribution < -0.4 is 27.8 Å². The molecule has 0 bridgehead atoms. The van der Waals surface area contributed by atoms with Gasteiger partial charge in [0, 0.05) is 35.8 Å². The van der Waals surface area contributed by atoms with Gasteiger partial charge < -0.3 is 32.2 Å². The van der Waals surface area contributed by atoms with Gasteiger partial charge in [0.15, 0.2) is 11.8 Å². The number of aliphatic hydroxyl groups excluding tert-OH is 1. The van der Waals surface area contributed by atoms with Gasteiger partial charge in [-0.2, -0.15) is 4.98 Å². The van der Waals surface area contributed by atoms with E-state index in [1.807, 2.05) is 38.1 Å². The molecule has 224 valence electrons. The number of nitrogens with zero attached hydrogens (tertiary/aromatic N) is 2. The Morgan fingerprint density at radius 1 is 1.21 bits per heavy atom. The summed E-state index contributed by atoms with van der Waals surface area (Å²) in [4.78, 5) is 20.2. The predicted octanol–water partition coefficient (Wildman–Crippen LogP) is 3.56. The molecule has 2 aromatic heterocycles. The van der Waals surface area contributed by atoms with Crippen LogP contribution in [0.3, 0.4) is 0 Å². The van der Waals surface area contributed by atoms with Crippen molar-refractivity contribution in [3.63, 3.8) is 0 Å². The average Bonchev–Trinajstić information content (AvgIpc) is 3.35. The van der Waals surface area contributed by atoms with Gasteiger partial charge in [0.1, 0.15) is 5.65 Å². The maximum absolute atomic E-state index is 15.1. The molecule has 3 atom stereocenters. The number of halogens is 2. The Morgan fingerprint density at radius 3 is 2.62 bits per heavy atom. The minimum Gasteiger partial charge on any atom is -0.394 e. The summed E-state index contributed by atoms with van der Waals surface area (Å²) in [5.74, 6) is -0.708. The summed E-state index contributed by atoms with van der Waals surface area (Å²) < 4.78 is 16.5. The molecule has 10 nitrogen and oxygen atoms in total. The van der Waals surface area contributed by atoms with Crippen LogP contribution in [0.4, 0.5) is 4.39 Å². The van der Waals surface area contributed by atoms with E-state index in [2.05, 4.69) is 20.6 Å². The SMILES string of the molecule is C[C@H](N)CCCc1cc(Cl)c(F)c(-c2cc3cn(-c4ccc(CN[C@@H](C)C[C@H](CO)NC(=N)N)cc4)c(=O)nc3[nH]2)c1. The highest BCUT2D eigenvalue weighted by Crippen LogP contribution is 2.31. The highest BCUT2D eigenvalue weighted by atomic mass is 35.5. The molecule has 0 saturated heterocycles. The van der Waals surface area contributed by atoms with Crippen LogP contribution in [0.2, 0.25) is 5.02 Å². The fourth-order valence-electron chi connectivity index (χ4n) is 4.91. The molecule has 0 amide bonds. The van der Waals surface area contributed by atoms with Gasteiger partial charge in [-0.1, -0.05) is 23.7 Å². The molecule has 4 aromatic rings. The number of nitrogens with two attached hydrogens (primary N) is 2. The van der Waals surface area contributed by atoms with E-state index >= 15 is 4.39 Å². The molecule has 2 heterocycles. The zero-order chi connectivity index (χ0) is 30.4. The fourth-order valence-corrected chi connectivity index (χ4v) is 5.16. The molecule has 0 aliphatic carbocycles. The quantitative estimate of drug-likeness (QED) is 0.0913. The van der Waals surface area contributed by atoms with Crippen molar-refractivity contribution >= 4 is 28.6 Å². The zero-order valence-corrected chi connectivity index (χ0v) is 24.5. The topological polar surface area (TPSA) is 171 Å². The molecular weight excluding hydrogens is 559 g/mol. The molecule has 0 saturated carbocycles. The lowest BCUT2D eigenvalue weighted by molar-refractivity contribution is 0.239. The van der Waals surface area contributed by atoms with Gasteiger partial charge in [0.2, 0.25) is 0 Å². The van der Waals surface area contributed by atoms with Gasteiger partial charge in [-0.25, -0.2) is 9.18 Å². The van der Waals surface area contributed by atoms with E-state index in [1.165, 1.54) is 4.57 Å². The van der Waals surface area contributed by atoms with Gasteiger partial charge in [-0.05, 0) is 81.0 Å². The molecule has 0 spiro atoms. The van der Waals surface area contributed by atoms with E-state index in [0.717, 1.165) is 30.4 Å². The summed E-state index contributed by atoms with van der Waals surface area (Å²) in [6, 6.07) is 12.5. The van der Waals surface area contributed by atoms with Crippen molar-refractivity contribution in [1.29, 1.82) is 5.41 Å². The van der Waals surface area contributed by atoms with Gasteiger partial charge in [-0.3, -0.25) is 9.98 Å². The second-order valence-corrected chi connectivity index (χ2v) is 11.2.